The lowest BCUT2D eigenvalue weighted by molar-refractivity contribution is -0.185. The highest BCUT2D eigenvalue weighted by Crippen LogP contribution is 2.33. The summed E-state index contributed by atoms with van der Waals surface area (Å²) in [6.07, 6.45) is -16.7. The first-order chi connectivity index (χ1) is 19.7. The van der Waals surface area contributed by atoms with E-state index in [0.717, 1.165) is 24.8 Å². The van der Waals surface area contributed by atoms with E-state index >= 15 is 0 Å². The fourth-order valence-electron chi connectivity index (χ4n) is 3.90. The molecule has 2 aromatic heterocycles. The summed E-state index contributed by atoms with van der Waals surface area (Å²) in [6, 6.07) is 0. The van der Waals surface area contributed by atoms with Gasteiger partial charge in [-0.15, -0.1) is 0 Å². The molecular weight excluding hydrogens is 568 g/mol. The maximum atomic E-state index is 11.8. The smallest absolute Gasteiger partial charge is 0.180 e. The second kappa shape index (κ2) is 15.9. The maximum absolute atomic E-state index is 11.8. The van der Waals surface area contributed by atoms with E-state index in [4.69, 9.17) is 15.3 Å². The van der Waals surface area contributed by atoms with Gasteiger partial charge in [0.05, 0.1) is 67.2 Å². The summed E-state index contributed by atoms with van der Waals surface area (Å²) in [5.41, 5.74) is -4.02. The Balaban J connectivity index is 2.54. The predicted molar refractivity (Wildman–Crippen MR) is 136 cm³/mol. The Bertz CT molecular complexity index is 1090. The quantitative estimate of drug-likeness (QED) is 0.0794. The zero-order valence-electron chi connectivity index (χ0n) is 22.2. The average molecular weight is 607 g/mol. The zero-order chi connectivity index (χ0) is 31.8. The molecule has 0 amide bonds. The van der Waals surface area contributed by atoms with Crippen molar-refractivity contribution in [3.63, 3.8) is 0 Å². The van der Waals surface area contributed by atoms with Gasteiger partial charge in [0.2, 0.25) is 0 Å². The van der Waals surface area contributed by atoms with Gasteiger partial charge in [0.1, 0.15) is 48.8 Å². The maximum Gasteiger partial charge on any atom is 0.180 e. The van der Waals surface area contributed by atoms with Crippen molar-refractivity contribution in [2.24, 2.45) is 0 Å². The first-order valence-corrected chi connectivity index (χ1v) is 12.7. The molecule has 0 fully saturated rings. The fourth-order valence-corrected chi connectivity index (χ4v) is 3.90. The number of hydrogen-bond acceptors (Lipinski definition) is 18. The van der Waals surface area contributed by atoms with Crippen molar-refractivity contribution < 1.29 is 71.5 Å². The van der Waals surface area contributed by atoms with Gasteiger partial charge < -0.3 is 71.5 Å². The molecule has 0 radical (unpaired) electrons. The van der Waals surface area contributed by atoms with Crippen LogP contribution >= 0.6 is 0 Å². The molecule has 0 spiro atoms. The zero-order valence-corrected chi connectivity index (χ0v) is 22.2. The van der Waals surface area contributed by atoms with Crippen LogP contribution in [0.5, 0.6) is 0 Å². The molecule has 0 aliphatic carbocycles. The highest BCUT2D eigenvalue weighted by molar-refractivity contribution is 5.29. The van der Waals surface area contributed by atoms with Crippen LogP contribution in [0.25, 0.3) is 0 Å². The summed E-state index contributed by atoms with van der Waals surface area (Å²) in [5.74, 6) is 0. The van der Waals surface area contributed by atoms with Crippen molar-refractivity contribution in [2.45, 2.75) is 79.5 Å². The average Bonchev–Trinajstić information content (AvgIpc) is 3.01. The Kier molecular flexibility index (Phi) is 13.5. The van der Waals surface area contributed by atoms with Crippen molar-refractivity contribution in [3.05, 3.63) is 47.6 Å². The molecule has 2 aromatic rings. The van der Waals surface area contributed by atoms with Crippen LogP contribution in [0.2, 0.25) is 0 Å². The van der Waals surface area contributed by atoms with Gasteiger partial charge in [-0.2, -0.15) is 0 Å². The Morgan fingerprint density at radius 3 is 1.55 bits per heavy atom. The van der Waals surface area contributed by atoms with Crippen LogP contribution in [-0.4, -0.2) is 172 Å². The molecule has 14 N–H and O–H groups in total. The van der Waals surface area contributed by atoms with E-state index in [1.807, 2.05) is 0 Å². The van der Waals surface area contributed by atoms with E-state index in [1.165, 1.54) is 0 Å². The minimum atomic E-state index is -2.90. The molecule has 18 heteroatoms. The van der Waals surface area contributed by atoms with E-state index in [2.05, 4.69) is 19.9 Å². The van der Waals surface area contributed by atoms with E-state index in [9.17, 15) is 56.2 Å². The Morgan fingerprint density at radius 1 is 0.524 bits per heavy atom. The van der Waals surface area contributed by atoms with E-state index in [-0.39, 0.29) is 17.8 Å². The third kappa shape index (κ3) is 8.36. The first kappa shape index (κ1) is 35.8. The second-order valence-corrected chi connectivity index (χ2v) is 9.75. The van der Waals surface area contributed by atoms with Gasteiger partial charge in [0, 0.05) is 25.2 Å². The molecule has 0 aliphatic rings. The van der Waals surface area contributed by atoms with Gasteiger partial charge in [-0.05, 0) is 0 Å². The summed E-state index contributed by atoms with van der Waals surface area (Å²) >= 11 is 0. The third-order valence-electron chi connectivity index (χ3n) is 6.65. The van der Waals surface area contributed by atoms with E-state index in [1.54, 1.807) is 0 Å². The SMILES string of the molecule is OCC(O)C(O)Cc1cnc(C(O)(c2cncc(CC(O)C(O)CO)n2)C(O)C(O)C(O)C(O)C(O)C(O)CO)cn1. The van der Waals surface area contributed by atoms with Crippen molar-refractivity contribution >= 4 is 0 Å². The van der Waals surface area contributed by atoms with Crippen molar-refractivity contribution in [1.82, 2.24) is 19.9 Å². The lowest BCUT2D eigenvalue weighted by Gasteiger charge is -2.37. The first-order valence-electron chi connectivity index (χ1n) is 12.7. The van der Waals surface area contributed by atoms with Gasteiger partial charge >= 0.3 is 0 Å². The van der Waals surface area contributed by atoms with Crippen LogP contribution in [0.15, 0.2) is 24.8 Å². The normalized spacial score (nSPS) is 20.8. The van der Waals surface area contributed by atoms with Crippen LogP contribution in [-0.2, 0) is 18.4 Å². The van der Waals surface area contributed by atoms with Gasteiger partial charge in [-0.1, -0.05) is 0 Å². The number of hydrogen-bond donors (Lipinski definition) is 14. The molecule has 238 valence electrons. The van der Waals surface area contributed by atoms with Crippen molar-refractivity contribution in [2.75, 3.05) is 19.8 Å². The largest absolute Gasteiger partial charge is 0.394 e. The Hall–Kier alpha value is -2.40. The van der Waals surface area contributed by atoms with Crippen molar-refractivity contribution in [3.8, 4) is 0 Å². The summed E-state index contributed by atoms with van der Waals surface area (Å²) in [7, 11) is 0. The number of rotatable bonds is 17. The molecule has 2 rings (SSSR count). The summed E-state index contributed by atoms with van der Waals surface area (Å²) in [6.45, 7) is -2.56. The molecule has 42 heavy (non-hydrogen) atoms. The fraction of sp³-hybridized carbons (Fsp3) is 0.667. The molecule has 11 atom stereocenters. The van der Waals surface area contributed by atoms with E-state index in [0.29, 0.717) is 0 Å². The summed E-state index contributed by atoms with van der Waals surface area (Å²) in [4.78, 5) is 15.9. The minimum absolute atomic E-state index is 0.0497. The van der Waals surface area contributed by atoms with Gasteiger partial charge in [-0.3, -0.25) is 19.9 Å². The number of aromatic nitrogens is 4. The second-order valence-electron chi connectivity index (χ2n) is 9.75. The highest BCUT2D eigenvalue weighted by Gasteiger charge is 2.50. The molecule has 0 aliphatic heterocycles. The lowest BCUT2D eigenvalue weighted by Crippen LogP contribution is -2.58. The van der Waals surface area contributed by atoms with E-state index < -0.39 is 104 Å². The van der Waals surface area contributed by atoms with Crippen LogP contribution < -0.4 is 0 Å². The Morgan fingerprint density at radius 2 is 1.05 bits per heavy atom. The van der Waals surface area contributed by atoms with Crippen LogP contribution in [0.1, 0.15) is 22.8 Å². The molecule has 2 heterocycles. The van der Waals surface area contributed by atoms with Gasteiger partial charge in [0.15, 0.2) is 5.60 Å². The summed E-state index contributed by atoms with van der Waals surface area (Å²) in [5, 5.41) is 140. The highest BCUT2D eigenvalue weighted by atomic mass is 16.4. The molecular formula is C24H38N4O14. The molecule has 18 nitrogen and oxygen atoms in total. The molecule has 0 saturated heterocycles. The molecule has 0 saturated carbocycles. The van der Waals surface area contributed by atoms with Crippen LogP contribution in [0, 0.1) is 0 Å². The standard InChI is InChI=1S/C24H38N4O14/c29-7-14(34)12(32)1-10-4-27-17(6-26-10)24(42,18-5-25-3-11(28-18)2-13(33)15(35)8-30)23(41)22(40)21(39)20(38)19(37)16(36)9-31/h3-6,12-16,19-23,29-42H,1-2,7-9H2. The molecule has 0 bridgehead atoms. The number of nitrogens with zero attached hydrogens (tertiary/aromatic N) is 4. The lowest BCUT2D eigenvalue weighted by atomic mass is 9.82. The topological polar surface area (TPSA) is 335 Å². The van der Waals surface area contributed by atoms with Gasteiger partial charge in [0.25, 0.3) is 0 Å². The van der Waals surface area contributed by atoms with Crippen LogP contribution in [0.3, 0.4) is 0 Å². The minimum Gasteiger partial charge on any atom is -0.394 e. The predicted octanol–water partition coefficient (Wildman–Crippen LogP) is -7.83. The molecule has 0 aromatic carbocycles. The number of aliphatic hydroxyl groups is 14. The van der Waals surface area contributed by atoms with Crippen LogP contribution in [0.4, 0.5) is 0 Å². The number of aliphatic hydroxyl groups excluding tert-OH is 13. The van der Waals surface area contributed by atoms with Crippen molar-refractivity contribution in [1.29, 1.82) is 0 Å². The Labute approximate surface area is 238 Å². The molecule has 11 unspecified atom stereocenters. The van der Waals surface area contributed by atoms with Gasteiger partial charge in [-0.25, -0.2) is 0 Å². The monoisotopic (exact) mass is 606 g/mol. The summed E-state index contributed by atoms with van der Waals surface area (Å²) < 4.78 is 0. The third-order valence-corrected chi connectivity index (χ3v) is 6.65.